The van der Waals surface area contributed by atoms with Crippen LogP contribution in [0.2, 0.25) is 18.1 Å². The second-order valence-electron chi connectivity index (χ2n) is 15.5. The first kappa shape index (κ1) is 39.9. The first-order valence-corrected chi connectivity index (χ1v) is 21.5. The second kappa shape index (κ2) is 17.3. The van der Waals surface area contributed by atoms with E-state index in [0.29, 0.717) is 47.7 Å². The minimum absolute atomic E-state index is 0.0504. The quantitative estimate of drug-likeness (QED) is 0.0583. The van der Waals surface area contributed by atoms with Gasteiger partial charge in [-0.1, -0.05) is 69.3 Å². The van der Waals surface area contributed by atoms with Gasteiger partial charge in [0.2, 0.25) is 0 Å². The second-order valence-corrected chi connectivity index (χ2v) is 20.3. The molecule has 9 nitrogen and oxygen atoms in total. The van der Waals surface area contributed by atoms with Gasteiger partial charge in [-0.15, -0.1) is 6.58 Å². The van der Waals surface area contributed by atoms with E-state index in [1.54, 1.807) is 13.2 Å². The van der Waals surface area contributed by atoms with Gasteiger partial charge < -0.3 is 37.3 Å². The summed E-state index contributed by atoms with van der Waals surface area (Å²) in [7, 11) is -0.620. The average molecular weight is 735 g/mol. The number of hydrogen-bond acceptors (Lipinski definition) is 9. The van der Waals surface area contributed by atoms with Crippen LogP contribution in [0.5, 0.6) is 11.5 Å². The molecule has 5 rings (SSSR count). The van der Waals surface area contributed by atoms with Crippen LogP contribution in [0, 0.1) is 5.92 Å². The fourth-order valence-corrected chi connectivity index (χ4v) is 8.21. The molecule has 1 saturated heterocycles. The molecule has 10 heteroatoms. The Morgan fingerprint density at radius 2 is 1.79 bits per heavy atom. The summed E-state index contributed by atoms with van der Waals surface area (Å²) in [6.45, 7) is 20.1. The van der Waals surface area contributed by atoms with Gasteiger partial charge in [0.25, 0.3) is 0 Å². The molecule has 3 aromatic rings. The van der Waals surface area contributed by atoms with E-state index in [-0.39, 0.29) is 30.0 Å². The van der Waals surface area contributed by atoms with Crippen LogP contribution in [-0.2, 0) is 36.4 Å². The Morgan fingerprint density at radius 1 is 1.06 bits per heavy atom. The highest BCUT2D eigenvalue weighted by Gasteiger charge is 2.54. The molecule has 2 aromatic carbocycles. The highest BCUT2D eigenvalue weighted by molar-refractivity contribution is 6.74. The van der Waals surface area contributed by atoms with E-state index in [9.17, 15) is 4.79 Å². The largest absolute Gasteiger partial charge is 0.489 e. The molecular formula is C42H58O9Si. The summed E-state index contributed by atoms with van der Waals surface area (Å²) in [6.07, 6.45) is 8.49. The Balaban J connectivity index is 1.44. The first-order valence-electron chi connectivity index (χ1n) is 18.6. The van der Waals surface area contributed by atoms with Crippen molar-refractivity contribution in [3.05, 3.63) is 95.1 Å². The summed E-state index contributed by atoms with van der Waals surface area (Å²) in [5.41, 5.74) is 0.506. The fourth-order valence-electron chi connectivity index (χ4n) is 6.91. The molecule has 52 heavy (non-hydrogen) atoms. The van der Waals surface area contributed by atoms with Crippen molar-refractivity contribution in [2.45, 2.75) is 122 Å². The zero-order valence-electron chi connectivity index (χ0n) is 32.3. The van der Waals surface area contributed by atoms with Gasteiger partial charge in [-0.05, 0) is 67.9 Å². The molecule has 1 spiro atoms. The van der Waals surface area contributed by atoms with Crippen molar-refractivity contribution < 1.29 is 37.3 Å². The number of methoxy groups -OCH3 is 1. The molecule has 1 aromatic heterocycles. The Hall–Kier alpha value is -3.25. The lowest BCUT2D eigenvalue weighted by molar-refractivity contribution is -0.183. The fraction of sp³-hybridized carbons (Fsp3) is 0.548. The molecule has 284 valence electrons. The topological polar surface area (TPSA) is 94.8 Å². The zero-order valence-corrected chi connectivity index (χ0v) is 33.3. The standard InChI is InChI=1S/C42H58O9Si/c1-10-12-22-46-33-24-32-25-34(48-40(43)36(32)35(26-33)47-28-45-27-30-18-14-13-15-19-30)23-31(11-2)38(44-7)39(51-52(8,9)41(4,5)6)37-29(3)49-42(50-37)20-16-17-21-42/h10-15,18-19,24-26,29,31,37-39H,2,16-17,20-23,27-28H2,1,3-9H3/b12-10+/t29-,31+,37+,38+,39+/m1/s1. The summed E-state index contributed by atoms with van der Waals surface area (Å²) in [4.78, 5) is 13.7. The highest BCUT2D eigenvalue weighted by Crippen LogP contribution is 2.46. The lowest BCUT2D eigenvalue weighted by Crippen LogP contribution is -2.55. The summed E-state index contributed by atoms with van der Waals surface area (Å²) in [6, 6.07) is 15.2. The molecule has 1 saturated carbocycles. The van der Waals surface area contributed by atoms with Gasteiger partial charge in [0, 0.05) is 38.4 Å². The third-order valence-corrected chi connectivity index (χ3v) is 15.2. The Kier molecular flexibility index (Phi) is 13.3. The van der Waals surface area contributed by atoms with E-state index in [0.717, 1.165) is 31.2 Å². The smallest absolute Gasteiger partial charge is 0.347 e. The number of rotatable bonds is 17. The molecule has 0 amide bonds. The molecule has 0 bridgehead atoms. The summed E-state index contributed by atoms with van der Waals surface area (Å²) >= 11 is 0. The molecule has 1 aliphatic carbocycles. The zero-order chi connectivity index (χ0) is 37.5. The van der Waals surface area contributed by atoms with Gasteiger partial charge in [0.1, 0.15) is 41.5 Å². The Morgan fingerprint density at radius 3 is 2.44 bits per heavy atom. The maximum Gasteiger partial charge on any atom is 0.347 e. The number of allylic oxidation sites excluding steroid dienone is 1. The van der Waals surface area contributed by atoms with Crippen LogP contribution in [-0.4, -0.2) is 59.0 Å². The predicted molar refractivity (Wildman–Crippen MR) is 206 cm³/mol. The van der Waals surface area contributed by atoms with E-state index in [4.69, 9.17) is 37.3 Å². The van der Waals surface area contributed by atoms with Crippen molar-refractivity contribution in [1.82, 2.24) is 0 Å². The van der Waals surface area contributed by atoms with Crippen molar-refractivity contribution in [2.24, 2.45) is 5.92 Å². The van der Waals surface area contributed by atoms with Gasteiger partial charge in [0.15, 0.2) is 20.9 Å². The van der Waals surface area contributed by atoms with Crippen molar-refractivity contribution in [2.75, 3.05) is 20.5 Å². The summed E-state index contributed by atoms with van der Waals surface area (Å²) in [5.74, 6) is 0.508. The molecular weight excluding hydrogens is 677 g/mol. The molecule has 2 fully saturated rings. The molecule has 2 heterocycles. The van der Waals surface area contributed by atoms with Crippen LogP contribution in [0.1, 0.15) is 71.6 Å². The maximum atomic E-state index is 13.7. The van der Waals surface area contributed by atoms with Crippen LogP contribution >= 0.6 is 0 Å². The number of benzene rings is 2. The van der Waals surface area contributed by atoms with Crippen molar-refractivity contribution in [3.8, 4) is 11.5 Å². The van der Waals surface area contributed by atoms with Crippen LogP contribution in [0.4, 0.5) is 0 Å². The average Bonchev–Trinajstić information content (AvgIpc) is 3.69. The number of ether oxygens (including phenoxy) is 6. The Bertz CT molecular complexity index is 1700. The van der Waals surface area contributed by atoms with Crippen LogP contribution in [0.3, 0.4) is 0 Å². The molecule has 0 unspecified atom stereocenters. The van der Waals surface area contributed by atoms with Gasteiger partial charge >= 0.3 is 5.63 Å². The molecule has 0 radical (unpaired) electrons. The van der Waals surface area contributed by atoms with E-state index in [2.05, 4.69) is 47.4 Å². The van der Waals surface area contributed by atoms with Gasteiger partial charge in [-0.2, -0.15) is 0 Å². The molecule has 5 atom stereocenters. The monoisotopic (exact) mass is 734 g/mol. The van der Waals surface area contributed by atoms with Gasteiger partial charge in [-0.3, -0.25) is 0 Å². The van der Waals surface area contributed by atoms with E-state index in [1.807, 2.05) is 67.6 Å². The van der Waals surface area contributed by atoms with Crippen molar-refractivity contribution in [1.29, 1.82) is 0 Å². The first-order chi connectivity index (χ1) is 24.8. The van der Waals surface area contributed by atoms with Crippen molar-refractivity contribution >= 4 is 19.1 Å². The minimum Gasteiger partial charge on any atom is -0.489 e. The minimum atomic E-state index is -2.32. The lowest BCUT2D eigenvalue weighted by atomic mass is 9.89. The van der Waals surface area contributed by atoms with Crippen LogP contribution < -0.4 is 15.1 Å². The number of fused-ring (bicyclic) bond motifs is 1. The van der Waals surface area contributed by atoms with E-state index < -0.39 is 31.9 Å². The van der Waals surface area contributed by atoms with Crippen molar-refractivity contribution in [3.63, 3.8) is 0 Å². The third kappa shape index (κ3) is 9.45. The van der Waals surface area contributed by atoms with E-state index >= 15 is 0 Å². The molecule has 0 N–H and O–H groups in total. The number of hydrogen-bond donors (Lipinski definition) is 0. The highest BCUT2D eigenvalue weighted by atomic mass is 28.4. The predicted octanol–water partition coefficient (Wildman–Crippen LogP) is 9.13. The molecule has 1 aliphatic heterocycles. The normalized spacial score (nSPS) is 20.8. The SMILES string of the molecule is C=C[C@@H](Cc1cc2cc(OC/C=C/C)cc(OCOCc3ccccc3)c2c(=O)o1)[C@H](OC)[C@@H](O[Si](C)(C)C(C)(C)C)[C@H]1OC2(CCCC2)O[C@@H]1C. The van der Waals surface area contributed by atoms with Crippen LogP contribution in [0.25, 0.3) is 10.8 Å². The van der Waals surface area contributed by atoms with Crippen LogP contribution in [0.15, 0.2) is 82.5 Å². The molecule has 2 aliphatic rings. The van der Waals surface area contributed by atoms with Gasteiger partial charge in [0.05, 0.1) is 18.8 Å². The third-order valence-electron chi connectivity index (χ3n) is 10.7. The summed E-state index contributed by atoms with van der Waals surface area (Å²) in [5, 5.41) is 0.901. The van der Waals surface area contributed by atoms with Gasteiger partial charge in [-0.25, -0.2) is 4.79 Å². The summed E-state index contributed by atoms with van der Waals surface area (Å²) < 4.78 is 50.7. The Labute approximate surface area is 310 Å². The maximum absolute atomic E-state index is 13.7. The van der Waals surface area contributed by atoms with E-state index in [1.165, 1.54) is 0 Å². The lowest BCUT2D eigenvalue weighted by Gasteiger charge is -2.44.